The monoisotopic (exact) mass is 233 g/mol. The van der Waals surface area contributed by atoms with E-state index >= 15 is 0 Å². The molecule has 0 aromatic heterocycles. The molecule has 0 amide bonds. The number of carbonyl (C=O) groups excluding carboxylic acids is 1. The molecule has 1 heterocycles. The third-order valence-corrected chi connectivity index (χ3v) is 3.56. The topological polar surface area (TPSA) is 38.3 Å². The highest BCUT2D eigenvalue weighted by Crippen LogP contribution is 2.43. The predicted octanol–water partition coefficient (Wildman–Crippen LogP) is 1.61. The minimum Gasteiger partial charge on any atom is -0.469 e. The summed E-state index contributed by atoms with van der Waals surface area (Å²) in [5, 5.41) is 3.43. The molecule has 1 saturated carbocycles. The first-order chi connectivity index (χ1) is 6.81. The first-order valence-electron chi connectivity index (χ1n) is 5.59. The molecule has 0 spiro atoms. The largest absolute Gasteiger partial charge is 0.469 e. The second kappa shape index (κ2) is 5.71. The molecular formula is C11H20ClNO2. The van der Waals surface area contributed by atoms with Crippen LogP contribution in [-0.2, 0) is 9.53 Å². The molecule has 15 heavy (non-hydrogen) atoms. The van der Waals surface area contributed by atoms with E-state index in [1.165, 1.54) is 20.0 Å². The number of nitrogens with one attached hydrogen (secondary N) is 1. The number of halogens is 1. The predicted molar refractivity (Wildman–Crippen MR) is 61.1 cm³/mol. The number of rotatable bonds is 3. The highest BCUT2D eigenvalue weighted by Gasteiger charge is 2.38. The van der Waals surface area contributed by atoms with E-state index in [9.17, 15) is 4.79 Å². The zero-order valence-electron chi connectivity index (χ0n) is 9.20. The van der Waals surface area contributed by atoms with Gasteiger partial charge in [0.1, 0.15) is 0 Å². The molecule has 2 atom stereocenters. The van der Waals surface area contributed by atoms with Crippen LogP contribution in [0.3, 0.4) is 0 Å². The lowest BCUT2D eigenvalue weighted by atomic mass is 9.81. The number of carbonyl (C=O) groups is 1. The third-order valence-electron chi connectivity index (χ3n) is 3.56. The van der Waals surface area contributed by atoms with Crippen molar-refractivity contribution < 1.29 is 9.53 Å². The van der Waals surface area contributed by atoms with Crippen LogP contribution >= 0.6 is 12.4 Å². The van der Waals surface area contributed by atoms with Crippen LogP contribution in [0.25, 0.3) is 0 Å². The fourth-order valence-electron chi connectivity index (χ4n) is 2.56. The Morgan fingerprint density at radius 1 is 1.40 bits per heavy atom. The van der Waals surface area contributed by atoms with Gasteiger partial charge in [0, 0.05) is 6.42 Å². The number of methoxy groups -OCH3 is 1. The van der Waals surface area contributed by atoms with Gasteiger partial charge in [0.25, 0.3) is 0 Å². The number of piperidine rings is 1. The van der Waals surface area contributed by atoms with Gasteiger partial charge in [0.15, 0.2) is 0 Å². The molecule has 0 aromatic rings. The molecule has 2 aliphatic rings. The van der Waals surface area contributed by atoms with Gasteiger partial charge in [-0.15, -0.1) is 12.4 Å². The summed E-state index contributed by atoms with van der Waals surface area (Å²) in [7, 11) is 1.48. The Labute approximate surface area is 97.4 Å². The van der Waals surface area contributed by atoms with E-state index in [1.807, 2.05) is 0 Å². The lowest BCUT2D eigenvalue weighted by molar-refractivity contribution is -0.142. The van der Waals surface area contributed by atoms with E-state index in [-0.39, 0.29) is 18.4 Å². The average Bonchev–Trinajstić information content (AvgIpc) is 3.02. The normalized spacial score (nSPS) is 30.5. The molecule has 4 heteroatoms. The fourth-order valence-corrected chi connectivity index (χ4v) is 2.56. The number of esters is 1. The van der Waals surface area contributed by atoms with E-state index in [0.29, 0.717) is 12.3 Å². The molecule has 0 aromatic carbocycles. The molecule has 1 saturated heterocycles. The Balaban J connectivity index is 0.00000112. The van der Waals surface area contributed by atoms with E-state index in [4.69, 9.17) is 4.74 Å². The van der Waals surface area contributed by atoms with Gasteiger partial charge in [-0.05, 0) is 50.1 Å². The Hall–Kier alpha value is -0.280. The number of ether oxygens (including phenoxy) is 1. The second-order valence-corrected chi connectivity index (χ2v) is 4.53. The van der Waals surface area contributed by atoms with Crippen molar-refractivity contribution in [1.82, 2.24) is 5.32 Å². The van der Waals surface area contributed by atoms with Crippen LogP contribution in [0.4, 0.5) is 0 Å². The summed E-state index contributed by atoms with van der Waals surface area (Å²) >= 11 is 0. The summed E-state index contributed by atoms with van der Waals surface area (Å²) in [6, 6.07) is 0. The fraction of sp³-hybridized carbons (Fsp3) is 0.909. The van der Waals surface area contributed by atoms with Gasteiger partial charge in [-0.2, -0.15) is 0 Å². The summed E-state index contributed by atoms with van der Waals surface area (Å²) < 4.78 is 4.74. The average molecular weight is 234 g/mol. The summed E-state index contributed by atoms with van der Waals surface area (Å²) in [4.78, 5) is 11.2. The summed E-state index contributed by atoms with van der Waals surface area (Å²) in [6.45, 7) is 2.16. The summed E-state index contributed by atoms with van der Waals surface area (Å²) in [6.07, 6.45) is 4.49. The zero-order valence-corrected chi connectivity index (χ0v) is 10.0. The quantitative estimate of drug-likeness (QED) is 0.753. The second-order valence-electron chi connectivity index (χ2n) is 4.53. The van der Waals surface area contributed by atoms with Crippen molar-refractivity contribution in [2.24, 2.45) is 17.8 Å². The van der Waals surface area contributed by atoms with E-state index < -0.39 is 0 Å². The van der Waals surface area contributed by atoms with Gasteiger partial charge in [0.2, 0.25) is 0 Å². The summed E-state index contributed by atoms with van der Waals surface area (Å²) in [5.74, 6) is 2.14. The molecule has 1 aliphatic heterocycles. The standard InChI is InChI=1S/C11H19NO2.ClH/c1-14-11(13)6-9-4-5-12-7-10(9)8-2-3-8;/h8-10,12H,2-7H2,1H3;1H/t9-,10+;/m0./s1. The molecule has 3 nitrogen and oxygen atoms in total. The van der Waals surface area contributed by atoms with Crippen LogP contribution in [0.15, 0.2) is 0 Å². The summed E-state index contributed by atoms with van der Waals surface area (Å²) in [5.41, 5.74) is 0. The van der Waals surface area contributed by atoms with Crippen molar-refractivity contribution >= 4 is 18.4 Å². The smallest absolute Gasteiger partial charge is 0.305 e. The first-order valence-corrected chi connectivity index (χ1v) is 5.59. The highest BCUT2D eigenvalue weighted by molar-refractivity contribution is 5.85. The van der Waals surface area contributed by atoms with Crippen LogP contribution in [-0.4, -0.2) is 26.2 Å². The van der Waals surface area contributed by atoms with Crippen LogP contribution in [0.5, 0.6) is 0 Å². The maximum atomic E-state index is 11.2. The van der Waals surface area contributed by atoms with Crippen molar-refractivity contribution in [3.63, 3.8) is 0 Å². The van der Waals surface area contributed by atoms with Gasteiger partial charge in [-0.25, -0.2) is 0 Å². The number of hydrogen-bond acceptors (Lipinski definition) is 3. The maximum Gasteiger partial charge on any atom is 0.305 e. The first kappa shape index (κ1) is 12.8. The molecule has 2 fully saturated rings. The molecule has 0 radical (unpaired) electrons. The zero-order chi connectivity index (χ0) is 9.97. The van der Waals surface area contributed by atoms with Crippen molar-refractivity contribution in [2.75, 3.05) is 20.2 Å². The molecular weight excluding hydrogens is 214 g/mol. The Kier molecular flexibility index (Phi) is 4.87. The van der Waals surface area contributed by atoms with Crippen LogP contribution < -0.4 is 5.32 Å². The molecule has 0 bridgehead atoms. The Morgan fingerprint density at radius 2 is 2.13 bits per heavy atom. The van der Waals surface area contributed by atoms with Crippen molar-refractivity contribution in [3.8, 4) is 0 Å². The lowest BCUT2D eigenvalue weighted by Crippen LogP contribution is -2.38. The maximum absolute atomic E-state index is 11.2. The van der Waals surface area contributed by atoms with Crippen LogP contribution in [0.1, 0.15) is 25.7 Å². The Bertz CT molecular complexity index is 219. The van der Waals surface area contributed by atoms with Gasteiger partial charge < -0.3 is 10.1 Å². The van der Waals surface area contributed by atoms with Gasteiger partial charge >= 0.3 is 5.97 Å². The van der Waals surface area contributed by atoms with E-state index in [2.05, 4.69) is 5.32 Å². The van der Waals surface area contributed by atoms with Gasteiger partial charge in [-0.1, -0.05) is 0 Å². The van der Waals surface area contributed by atoms with Crippen molar-refractivity contribution in [3.05, 3.63) is 0 Å². The van der Waals surface area contributed by atoms with Crippen molar-refractivity contribution in [2.45, 2.75) is 25.7 Å². The minimum atomic E-state index is -0.0393. The molecule has 88 valence electrons. The van der Waals surface area contributed by atoms with Crippen molar-refractivity contribution in [1.29, 1.82) is 0 Å². The third kappa shape index (κ3) is 3.35. The molecule has 2 rings (SSSR count). The minimum absolute atomic E-state index is 0. The lowest BCUT2D eigenvalue weighted by Gasteiger charge is -2.31. The Morgan fingerprint density at radius 3 is 2.73 bits per heavy atom. The van der Waals surface area contributed by atoms with Crippen LogP contribution in [0, 0.1) is 17.8 Å². The van der Waals surface area contributed by atoms with E-state index in [1.54, 1.807) is 0 Å². The SMILES string of the molecule is COC(=O)C[C@@H]1CCNC[C@@H]1C1CC1.Cl. The molecule has 1 N–H and O–H groups in total. The van der Waals surface area contributed by atoms with Crippen LogP contribution in [0.2, 0.25) is 0 Å². The van der Waals surface area contributed by atoms with E-state index in [0.717, 1.165) is 31.3 Å². The molecule has 1 aliphatic carbocycles. The van der Waals surface area contributed by atoms with Gasteiger partial charge in [-0.3, -0.25) is 4.79 Å². The van der Waals surface area contributed by atoms with Gasteiger partial charge in [0.05, 0.1) is 7.11 Å². The number of hydrogen-bond donors (Lipinski definition) is 1. The molecule has 0 unspecified atom stereocenters. The highest BCUT2D eigenvalue weighted by atomic mass is 35.5.